The number of benzene rings is 2. The molecule has 0 bridgehead atoms. The second-order valence-corrected chi connectivity index (χ2v) is 4.69. The summed E-state index contributed by atoms with van der Waals surface area (Å²) in [6.45, 7) is 2.53. The molecule has 0 unspecified atom stereocenters. The second-order valence-electron chi connectivity index (χ2n) is 4.28. The smallest absolute Gasteiger partial charge is 0.143 e. The molecule has 4 heteroatoms. The van der Waals surface area contributed by atoms with E-state index in [2.05, 4.69) is 5.32 Å². The van der Waals surface area contributed by atoms with Crippen molar-refractivity contribution in [2.75, 3.05) is 12.4 Å². The molecule has 0 saturated heterocycles. The van der Waals surface area contributed by atoms with E-state index in [1.54, 1.807) is 25.3 Å². The molecule has 0 aliphatic rings. The number of nitrogens with one attached hydrogen (secondary N) is 1. The molecule has 0 radical (unpaired) electrons. The van der Waals surface area contributed by atoms with Gasteiger partial charge in [-0.1, -0.05) is 23.7 Å². The Morgan fingerprint density at radius 3 is 2.53 bits per heavy atom. The Kier molecular flexibility index (Phi) is 4.27. The van der Waals surface area contributed by atoms with Crippen LogP contribution in [0.1, 0.15) is 11.1 Å². The zero-order chi connectivity index (χ0) is 13.8. The van der Waals surface area contributed by atoms with Gasteiger partial charge in [0.15, 0.2) is 0 Å². The van der Waals surface area contributed by atoms with Crippen molar-refractivity contribution in [2.45, 2.75) is 13.5 Å². The average Bonchev–Trinajstić information content (AvgIpc) is 2.41. The van der Waals surface area contributed by atoms with Gasteiger partial charge in [0.1, 0.15) is 11.6 Å². The van der Waals surface area contributed by atoms with Crippen molar-refractivity contribution in [3.8, 4) is 5.75 Å². The molecule has 100 valence electrons. The molecule has 2 aromatic carbocycles. The molecule has 0 saturated carbocycles. The number of rotatable bonds is 4. The molecular formula is C15H15ClFNO. The first kappa shape index (κ1) is 13.7. The van der Waals surface area contributed by atoms with Gasteiger partial charge >= 0.3 is 0 Å². The van der Waals surface area contributed by atoms with Gasteiger partial charge in [0.2, 0.25) is 0 Å². The van der Waals surface area contributed by atoms with Crippen molar-refractivity contribution in [3.63, 3.8) is 0 Å². The minimum Gasteiger partial charge on any atom is -0.495 e. The molecule has 0 aliphatic heterocycles. The average molecular weight is 280 g/mol. The lowest BCUT2D eigenvalue weighted by atomic mass is 10.2. The monoisotopic (exact) mass is 279 g/mol. The molecule has 0 amide bonds. The van der Waals surface area contributed by atoms with Crippen LogP contribution in [0.2, 0.25) is 5.02 Å². The van der Waals surface area contributed by atoms with Crippen LogP contribution >= 0.6 is 11.6 Å². The summed E-state index contributed by atoms with van der Waals surface area (Å²) in [6.07, 6.45) is 0. The van der Waals surface area contributed by atoms with Crippen molar-refractivity contribution in [2.24, 2.45) is 0 Å². The van der Waals surface area contributed by atoms with E-state index in [-0.39, 0.29) is 5.82 Å². The predicted molar refractivity (Wildman–Crippen MR) is 76.5 cm³/mol. The van der Waals surface area contributed by atoms with E-state index in [1.165, 1.54) is 12.1 Å². The lowest BCUT2D eigenvalue weighted by Crippen LogP contribution is -2.02. The molecule has 2 aromatic rings. The topological polar surface area (TPSA) is 21.3 Å². The molecule has 19 heavy (non-hydrogen) atoms. The molecule has 0 fully saturated rings. The van der Waals surface area contributed by atoms with Crippen molar-refractivity contribution < 1.29 is 9.13 Å². The van der Waals surface area contributed by atoms with E-state index in [0.29, 0.717) is 17.3 Å². The molecule has 2 rings (SSSR count). The van der Waals surface area contributed by atoms with Crippen LogP contribution in [0.25, 0.3) is 0 Å². The molecule has 0 spiro atoms. The molecule has 0 atom stereocenters. The molecule has 1 N–H and O–H groups in total. The third-order valence-corrected chi connectivity index (χ3v) is 3.28. The minimum absolute atomic E-state index is 0.233. The summed E-state index contributed by atoms with van der Waals surface area (Å²) in [4.78, 5) is 0. The molecule has 0 aliphatic carbocycles. The van der Waals surface area contributed by atoms with Crippen molar-refractivity contribution in [1.82, 2.24) is 0 Å². The van der Waals surface area contributed by atoms with Gasteiger partial charge in [-0.2, -0.15) is 0 Å². The first-order valence-electron chi connectivity index (χ1n) is 5.92. The summed E-state index contributed by atoms with van der Waals surface area (Å²) < 4.78 is 18.1. The summed E-state index contributed by atoms with van der Waals surface area (Å²) in [5, 5.41) is 3.93. The Morgan fingerprint density at radius 1 is 1.21 bits per heavy atom. The fourth-order valence-corrected chi connectivity index (χ4v) is 1.92. The Hall–Kier alpha value is -1.74. The Morgan fingerprint density at radius 2 is 1.89 bits per heavy atom. The van der Waals surface area contributed by atoms with Gasteiger partial charge in [0.05, 0.1) is 12.8 Å². The SMILES string of the molecule is COc1cc(Cl)c(C)cc1NCc1ccc(F)cc1. The summed E-state index contributed by atoms with van der Waals surface area (Å²) >= 11 is 6.05. The zero-order valence-corrected chi connectivity index (χ0v) is 11.6. The lowest BCUT2D eigenvalue weighted by molar-refractivity contribution is 0.416. The first-order chi connectivity index (χ1) is 9.10. The van der Waals surface area contributed by atoms with E-state index in [4.69, 9.17) is 16.3 Å². The van der Waals surface area contributed by atoms with Crippen molar-refractivity contribution >= 4 is 17.3 Å². The second kappa shape index (κ2) is 5.93. The lowest BCUT2D eigenvalue weighted by Gasteiger charge is -2.13. The van der Waals surface area contributed by atoms with E-state index in [1.807, 2.05) is 13.0 Å². The Labute approximate surface area is 117 Å². The van der Waals surface area contributed by atoms with E-state index in [0.717, 1.165) is 16.8 Å². The van der Waals surface area contributed by atoms with Crippen molar-refractivity contribution in [1.29, 1.82) is 0 Å². The number of methoxy groups -OCH3 is 1. The van der Waals surface area contributed by atoms with Gasteiger partial charge in [-0.25, -0.2) is 4.39 Å². The van der Waals surface area contributed by atoms with Crippen LogP contribution in [0.4, 0.5) is 10.1 Å². The van der Waals surface area contributed by atoms with Crippen LogP contribution in [0.3, 0.4) is 0 Å². The third-order valence-electron chi connectivity index (χ3n) is 2.88. The van der Waals surface area contributed by atoms with Gasteiger partial charge in [0.25, 0.3) is 0 Å². The maximum absolute atomic E-state index is 12.8. The van der Waals surface area contributed by atoms with Gasteiger partial charge in [-0.15, -0.1) is 0 Å². The van der Waals surface area contributed by atoms with E-state index < -0.39 is 0 Å². The summed E-state index contributed by atoms with van der Waals surface area (Å²) in [7, 11) is 1.60. The number of halogens is 2. The van der Waals surface area contributed by atoms with Crippen LogP contribution in [-0.2, 0) is 6.54 Å². The molecule has 0 heterocycles. The van der Waals surface area contributed by atoms with Gasteiger partial charge in [0, 0.05) is 17.6 Å². The van der Waals surface area contributed by atoms with Crippen LogP contribution in [-0.4, -0.2) is 7.11 Å². The highest BCUT2D eigenvalue weighted by Crippen LogP contribution is 2.31. The van der Waals surface area contributed by atoms with Crippen LogP contribution in [0, 0.1) is 12.7 Å². The van der Waals surface area contributed by atoms with Crippen LogP contribution in [0.5, 0.6) is 5.75 Å². The number of anilines is 1. The number of ether oxygens (including phenoxy) is 1. The van der Waals surface area contributed by atoms with E-state index >= 15 is 0 Å². The van der Waals surface area contributed by atoms with Crippen LogP contribution < -0.4 is 10.1 Å². The normalized spacial score (nSPS) is 10.3. The maximum atomic E-state index is 12.8. The molecule has 2 nitrogen and oxygen atoms in total. The molecular weight excluding hydrogens is 265 g/mol. The Balaban J connectivity index is 2.14. The van der Waals surface area contributed by atoms with Crippen LogP contribution in [0.15, 0.2) is 36.4 Å². The number of hydrogen-bond acceptors (Lipinski definition) is 2. The first-order valence-corrected chi connectivity index (χ1v) is 6.30. The fraction of sp³-hybridized carbons (Fsp3) is 0.200. The largest absolute Gasteiger partial charge is 0.495 e. The van der Waals surface area contributed by atoms with E-state index in [9.17, 15) is 4.39 Å². The third kappa shape index (κ3) is 3.38. The summed E-state index contributed by atoms with van der Waals surface area (Å²) in [5.74, 6) is 0.460. The van der Waals surface area contributed by atoms with Gasteiger partial charge in [-0.05, 0) is 36.2 Å². The zero-order valence-electron chi connectivity index (χ0n) is 10.8. The maximum Gasteiger partial charge on any atom is 0.143 e. The highest BCUT2D eigenvalue weighted by Gasteiger charge is 2.06. The van der Waals surface area contributed by atoms with Crippen molar-refractivity contribution in [3.05, 3.63) is 58.4 Å². The highest BCUT2D eigenvalue weighted by atomic mass is 35.5. The highest BCUT2D eigenvalue weighted by molar-refractivity contribution is 6.31. The summed E-state index contributed by atoms with van der Waals surface area (Å²) in [5.41, 5.74) is 2.84. The fourth-order valence-electron chi connectivity index (χ4n) is 1.77. The number of aryl methyl sites for hydroxylation is 1. The Bertz CT molecular complexity index is 569. The van der Waals surface area contributed by atoms with Gasteiger partial charge < -0.3 is 10.1 Å². The number of hydrogen-bond donors (Lipinski definition) is 1. The standard InChI is InChI=1S/C15H15ClFNO/c1-10-7-14(15(19-2)8-13(10)16)18-9-11-3-5-12(17)6-4-11/h3-8,18H,9H2,1-2H3. The van der Waals surface area contributed by atoms with Gasteiger partial charge in [-0.3, -0.25) is 0 Å². The molecule has 0 aromatic heterocycles. The predicted octanol–water partition coefficient (Wildman–Crippen LogP) is 4.41. The summed E-state index contributed by atoms with van der Waals surface area (Å²) in [6, 6.07) is 10.1. The quantitative estimate of drug-likeness (QED) is 0.895. The minimum atomic E-state index is -0.233.